The number of nitrogens with zero attached hydrogens (tertiary/aromatic N) is 2. The second-order valence-corrected chi connectivity index (χ2v) is 8.31. The van der Waals surface area contributed by atoms with Crippen LogP contribution in [0.4, 0.5) is 0 Å². The first-order valence-electron chi connectivity index (χ1n) is 9.28. The second-order valence-electron chi connectivity index (χ2n) is 7.39. The number of fused-ring (bicyclic) bond motifs is 1. The Morgan fingerprint density at radius 3 is 2.43 bits per heavy atom. The fourth-order valence-corrected chi connectivity index (χ4v) is 4.00. The molecule has 144 valence electrons. The highest BCUT2D eigenvalue weighted by molar-refractivity contribution is 9.10. The molecule has 4 rings (SSSR count). The fraction of sp³-hybridized carbons (Fsp3) is 0.273. The summed E-state index contributed by atoms with van der Waals surface area (Å²) < 4.78 is 6.28. The lowest BCUT2D eigenvalue weighted by atomic mass is 9.96. The molecule has 2 aromatic carbocycles. The Balaban J connectivity index is 1.85. The van der Waals surface area contributed by atoms with Gasteiger partial charge in [0, 0.05) is 22.1 Å². The lowest BCUT2D eigenvalue weighted by Gasteiger charge is -2.28. The average Bonchev–Trinajstić information content (AvgIpc) is 3.22. The fourth-order valence-electron chi connectivity index (χ4n) is 3.74. The molecular weight excluding hydrogens is 418 g/mol. The Morgan fingerprint density at radius 2 is 1.82 bits per heavy atom. The minimum atomic E-state index is -0.158. The van der Waals surface area contributed by atoms with Crippen LogP contribution in [0, 0.1) is 5.92 Å². The first-order valence-corrected chi connectivity index (χ1v) is 10.1. The molecule has 5 nitrogen and oxygen atoms in total. The van der Waals surface area contributed by atoms with E-state index in [-0.39, 0.29) is 11.9 Å². The van der Waals surface area contributed by atoms with Crippen LogP contribution in [0.15, 0.2) is 53.0 Å². The molecule has 0 saturated heterocycles. The maximum absolute atomic E-state index is 13.2. The van der Waals surface area contributed by atoms with Crippen molar-refractivity contribution in [1.29, 1.82) is 0 Å². The van der Waals surface area contributed by atoms with Crippen molar-refractivity contribution in [1.82, 2.24) is 15.1 Å². The van der Waals surface area contributed by atoms with Gasteiger partial charge in [-0.15, -0.1) is 0 Å². The van der Waals surface area contributed by atoms with Crippen LogP contribution in [-0.2, 0) is 0 Å². The number of aromatic amines is 1. The van der Waals surface area contributed by atoms with Crippen molar-refractivity contribution in [3.05, 3.63) is 69.8 Å². The van der Waals surface area contributed by atoms with Crippen LogP contribution >= 0.6 is 15.9 Å². The summed E-state index contributed by atoms with van der Waals surface area (Å²) in [5.41, 5.74) is 4.37. The van der Waals surface area contributed by atoms with Gasteiger partial charge in [0.05, 0.1) is 18.8 Å². The maximum Gasteiger partial charge on any atom is 0.273 e. The highest BCUT2D eigenvalue weighted by Crippen LogP contribution is 2.43. The summed E-state index contributed by atoms with van der Waals surface area (Å²) >= 11 is 3.50. The molecule has 1 aromatic heterocycles. The van der Waals surface area contributed by atoms with Gasteiger partial charge in [-0.2, -0.15) is 5.10 Å². The summed E-state index contributed by atoms with van der Waals surface area (Å²) in [7, 11) is 1.65. The van der Waals surface area contributed by atoms with Gasteiger partial charge in [-0.25, -0.2) is 0 Å². The Kier molecular flexibility index (Phi) is 4.98. The first kappa shape index (κ1) is 18.7. The van der Waals surface area contributed by atoms with Crippen molar-refractivity contribution in [3.8, 4) is 17.0 Å². The summed E-state index contributed by atoms with van der Waals surface area (Å²) in [5, 5.41) is 7.49. The van der Waals surface area contributed by atoms with E-state index in [1.54, 1.807) is 7.11 Å². The van der Waals surface area contributed by atoms with Crippen LogP contribution in [-0.4, -0.2) is 34.7 Å². The van der Waals surface area contributed by atoms with Gasteiger partial charge in [-0.3, -0.25) is 9.89 Å². The van der Waals surface area contributed by atoms with E-state index in [9.17, 15) is 4.79 Å². The molecule has 6 heteroatoms. The standard InChI is InChI=1S/C22H22BrN3O2/c1-13(2)12-26-21(15-4-8-16(23)9-5-15)18-19(24-25-20(18)22(26)27)14-6-10-17(28-3)11-7-14/h4-11,13,21H,12H2,1-3H3,(H,24,25). The molecule has 1 unspecified atom stereocenters. The number of amides is 1. The van der Waals surface area contributed by atoms with E-state index >= 15 is 0 Å². The minimum absolute atomic E-state index is 0.00359. The van der Waals surface area contributed by atoms with Gasteiger partial charge in [-0.05, 0) is 47.9 Å². The third kappa shape index (κ3) is 3.22. The number of aromatic nitrogens is 2. The first-order chi connectivity index (χ1) is 13.5. The average molecular weight is 440 g/mol. The molecule has 3 aromatic rings. The summed E-state index contributed by atoms with van der Waals surface area (Å²) in [5.74, 6) is 1.16. The lowest BCUT2D eigenvalue weighted by Crippen LogP contribution is -2.32. The van der Waals surface area contributed by atoms with Crippen LogP contribution in [0.2, 0.25) is 0 Å². The van der Waals surface area contributed by atoms with E-state index < -0.39 is 0 Å². The maximum atomic E-state index is 13.2. The molecule has 2 heterocycles. The molecule has 1 aliphatic rings. The van der Waals surface area contributed by atoms with E-state index in [2.05, 4.69) is 52.1 Å². The second kappa shape index (κ2) is 7.43. The molecule has 1 atom stereocenters. The SMILES string of the molecule is COc1ccc(-c2n[nH]c3c2C(c2ccc(Br)cc2)N(CC(C)C)C3=O)cc1. The van der Waals surface area contributed by atoms with Crippen LogP contribution < -0.4 is 4.74 Å². The summed E-state index contributed by atoms with van der Waals surface area (Å²) in [6, 6.07) is 15.8. The number of halogens is 1. The number of rotatable bonds is 5. The zero-order chi connectivity index (χ0) is 19.8. The smallest absolute Gasteiger partial charge is 0.273 e. The zero-order valence-electron chi connectivity index (χ0n) is 16.1. The van der Waals surface area contributed by atoms with Gasteiger partial charge in [0.1, 0.15) is 11.4 Å². The normalized spacial score (nSPS) is 16.0. The van der Waals surface area contributed by atoms with E-state index in [1.807, 2.05) is 41.3 Å². The predicted octanol–water partition coefficient (Wildman–Crippen LogP) is 5.05. The number of methoxy groups -OCH3 is 1. The van der Waals surface area contributed by atoms with Gasteiger partial charge < -0.3 is 9.64 Å². The summed E-state index contributed by atoms with van der Waals surface area (Å²) in [6.07, 6.45) is 0. The van der Waals surface area contributed by atoms with Crippen molar-refractivity contribution in [2.45, 2.75) is 19.9 Å². The van der Waals surface area contributed by atoms with Crippen molar-refractivity contribution >= 4 is 21.8 Å². The molecule has 0 spiro atoms. The molecule has 1 aliphatic heterocycles. The highest BCUT2D eigenvalue weighted by Gasteiger charge is 2.42. The van der Waals surface area contributed by atoms with Gasteiger partial charge in [-0.1, -0.05) is 41.9 Å². The van der Waals surface area contributed by atoms with Gasteiger partial charge in [0.15, 0.2) is 0 Å². The molecule has 0 saturated carbocycles. The van der Waals surface area contributed by atoms with Crippen LogP contribution in [0.25, 0.3) is 11.3 Å². The minimum Gasteiger partial charge on any atom is -0.497 e. The zero-order valence-corrected chi connectivity index (χ0v) is 17.7. The number of nitrogens with one attached hydrogen (secondary N) is 1. The molecule has 1 N–H and O–H groups in total. The van der Waals surface area contributed by atoms with E-state index in [1.165, 1.54) is 0 Å². The van der Waals surface area contributed by atoms with Crippen LogP contribution in [0.3, 0.4) is 0 Å². The number of carbonyl (C=O) groups excluding carboxylic acids is 1. The van der Waals surface area contributed by atoms with E-state index in [4.69, 9.17) is 4.74 Å². The highest BCUT2D eigenvalue weighted by atomic mass is 79.9. The Hall–Kier alpha value is -2.60. The number of hydrogen-bond donors (Lipinski definition) is 1. The molecule has 0 radical (unpaired) electrons. The predicted molar refractivity (Wildman–Crippen MR) is 112 cm³/mol. The number of hydrogen-bond acceptors (Lipinski definition) is 3. The number of ether oxygens (including phenoxy) is 1. The van der Waals surface area contributed by atoms with E-state index in [0.29, 0.717) is 18.2 Å². The van der Waals surface area contributed by atoms with Crippen LogP contribution in [0.1, 0.15) is 41.5 Å². The Bertz CT molecular complexity index is 994. The quantitative estimate of drug-likeness (QED) is 0.604. The number of carbonyl (C=O) groups is 1. The molecular formula is C22H22BrN3O2. The monoisotopic (exact) mass is 439 g/mol. The van der Waals surface area contributed by atoms with Gasteiger partial charge in [0.25, 0.3) is 5.91 Å². The summed E-state index contributed by atoms with van der Waals surface area (Å²) in [6.45, 7) is 4.94. The van der Waals surface area contributed by atoms with Crippen molar-refractivity contribution in [2.24, 2.45) is 5.92 Å². The largest absolute Gasteiger partial charge is 0.497 e. The van der Waals surface area contributed by atoms with Gasteiger partial charge >= 0.3 is 0 Å². The number of benzene rings is 2. The Morgan fingerprint density at radius 1 is 1.14 bits per heavy atom. The summed E-state index contributed by atoms with van der Waals surface area (Å²) in [4.78, 5) is 15.1. The van der Waals surface area contributed by atoms with Crippen molar-refractivity contribution in [2.75, 3.05) is 13.7 Å². The molecule has 0 aliphatic carbocycles. The molecule has 0 fully saturated rings. The van der Waals surface area contributed by atoms with Crippen LogP contribution in [0.5, 0.6) is 5.75 Å². The van der Waals surface area contributed by atoms with Crippen molar-refractivity contribution < 1.29 is 9.53 Å². The molecule has 0 bridgehead atoms. The Labute approximate surface area is 172 Å². The molecule has 28 heavy (non-hydrogen) atoms. The van der Waals surface area contributed by atoms with Gasteiger partial charge in [0.2, 0.25) is 0 Å². The third-order valence-electron chi connectivity index (χ3n) is 4.97. The van der Waals surface area contributed by atoms with E-state index in [0.717, 1.165) is 32.6 Å². The number of H-pyrrole nitrogens is 1. The third-order valence-corrected chi connectivity index (χ3v) is 5.50. The molecule has 1 amide bonds. The lowest BCUT2D eigenvalue weighted by molar-refractivity contribution is 0.0722. The topological polar surface area (TPSA) is 58.2 Å². The van der Waals surface area contributed by atoms with Crippen molar-refractivity contribution in [3.63, 3.8) is 0 Å².